The number of nitrogens with one attached hydrogen (secondary N) is 1. The van der Waals surface area contributed by atoms with Crippen molar-refractivity contribution >= 4 is 39.5 Å². The summed E-state index contributed by atoms with van der Waals surface area (Å²) in [4.78, 5) is 26.3. The van der Waals surface area contributed by atoms with E-state index >= 15 is 0 Å². The molecule has 1 saturated carbocycles. The van der Waals surface area contributed by atoms with Crippen molar-refractivity contribution in [3.05, 3.63) is 11.1 Å². The van der Waals surface area contributed by atoms with Gasteiger partial charge in [0.15, 0.2) is 0 Å². The molecule has 1 atom stereocenters. The van der Waals surface area contributed by atoms with Gasteiger partial charge in [0, 0.05) is 22.7 Å². The van der Waals surface area contributed by atoms with Gasteiger partial charge in [0.2, 0.25) is 11.8 Å². The van der Waals surface area contributed by atoms with Crippen LogP contribution in [0, 0.1) is 5.92 Å². The summed E-state index contributed by atoms with van der Waals surface area (Å²) in [6.07, 6.45) is 4.23. The lowest BCUT2D eigenvalue weighted by atomic mass is 10.1. The van der Waals surface area contributed by atoms with Crippen LogP contribution in [-0.4, -0.2) is 40.9 Å². The van der Waals surface area contributed by atoms with Gasteiger partial charge < -0.3 is 10.2 Å². The molecular formula is C13H19BrN2O2S. The van der Waals surface area contributed by atoms with Gasteiger partial charge in [0.25, 0.3) is 0 Å². The number of halogens is 1. The highest BCUT2D eigenvalue weighted by atomic mass is 79.9. The molecule has 2 amide bonds. The summed E-state index contributed by atoms with van der Waals surface area (Å²) in [6, 6.07) is -0.315. The second-order valence-electron chi connectivity index (χ2n) is 5.04. The third kappa shape index (κ3) is 3.75. The Kier molecular flexibility index (Phi) is 5.33. The third-order valence-corrected chi connectivity index (χ3v) is 4.92. The molecule has 6 heteroatoms. The summed E-state index contributed by atoms with van der Waals surface area (Å²) >= 11 is 4.86. The predicted octanol–water partition coefficient (Wildman–Crippen LogP) is 2.10. The Labute approximate surface area is 126 Å². The van der Waals surface area contributed by atoms with Crippen molar-refractivity contribution < 1.29 is 9.59 Å². The van der Waals surface area contributed by atoms with Gasteiger partial charge in [-0.15, -0.1) is 11.8 Å². The molecule has 0 spiro atoms. The molecule has 106 valence electrons. The molecule has 4 nitrogen and oxygen atoms in total. The molecule has 0 aromatic heterocycles. The van der Waals surface area contributed by atoms with Crippen molar-refractivity contribution in [3.63, 3.8) is 0 Å². The zero-order chi connectivity index (χ0) is 13.8. The van der Waals surface area contributed by atoms with Crippen LogP contribution in [0.25, 0.3) is 0 Å². The molecule has 0 bridgehead atoms. The maximum absolute atomic E-state index is 12.4. The Morgan fingerprint density at radius 3 is 2.68 bits per heavy atom. The van der Waals surface area contributed by atoms with Crippen LogP contribution in [0.3, 0.4) is 0 Å². The summed E-state index contributed by atoms with van der Waals surface area (Å²) in [5.41, 5.74) is 0. The summed E-state index contributed by atoms with van der Waals surface area (Å²) < 4.78 is 0.736. The van der Waals surface area contributed by atoms with E-state index in [1.807, 2.05) is 0 Å². The van der Waals surface area contributed by atoms with E-state index in [0.29, 0.717) is 18.2 Å². The lowest BCUT2D eigenvalue weighted by Gasteiger charge is -2.25. The second-order valence-corrected chi connectivity index (χ2v) is 7.16. The topological polar surface area (TPSA) is 49.4 Å². The maximum Gasteiger partial charge on any atom is 0.243 e. The lowest BCUT2D eigenvalue weighted by molar-refractivity contribution is -0.140. The molecular weight excluding hydrogens is 328 g/mol. The standard InChI is InChI=1S/C13H19BrN2O2S/c1-9(14)6-15-12(17)11-7-19-8-16(11)13(18)10-4-2-3-5-10/h10-11H,1-8H2,(H,15,17)/t11-/m1/s1. The number of carbonyl (C=O) groups is 2. The molecule has 2 aliphatic rings. The first-order valence-corrected chi connectivity index (χ1v) is 8.53. The molecule has 1 aliphatic heterocycles. The van der Waals surface area contributed by atoms with Gasteiger partial charge in [-0.05, 0) is 12.8 Å². The van der Waals surface area contributed by atoms with Crippen LogP contribution < -0.4 is 5.32 Å². The first-order valence-electron chi connectivity index (χ1n) is 6.59. The highest BCUT2D eigenvalue weighted by Crippen LogP contribution is 2.30. The fourth-order valence-corrected chi connectivity index (χ4v) is 3.89. The zero-order valence-corrected chi connectivity index (χ0v) is 13.3. The van der Waals surface area contributed by atoms with E-state index < -0.39 is 0 Å². The van der Waals surface area contributed by atoms with E-state index in [1.165, 1.54) is 0 Å². The number of amides is 2. The SMILES string of the molecule is C=C(Br)CNC(=O)[C@H]1CSCN1C(=O)C1CCCC1. The number of hydrogen-bond acceptors (Lipinski definition) is 3. The van der Waals surface area contributed by atoms with Crippen LogP contribution in [0.15, 0.2) is 11.1 Å². The fraction of sp³-hybridized carbons (Fsp3) is 0.692. The van der Waals surface area contributed by atoms with Gasteiger partial charge in [0.05, 0.1) is 5.88 Å². The van der Waals surface area contributed by atoms with Crippen LogP contribution in [0.1, 0.15) is 25.7 Å². The Balaban J connectivity index is 1.93. The molecule has 2 rings (SSSR count). The van der Waals surface area contributed by atoms with Gasteiger partial charge in [-0.2, -0.15) is 0 Å². The Morgan fingerprint density at radius 1 is 1.37 bits per heavy atom. The lowest BCUT2D eigenvalue weighted by Crippen LogP contribution is -2.48. The molecule has 1 N–H and O–H groups in total. The molecule has 0 radical (unpaired) electrons. The van der Waals surface area contributed by atoms with Gasteiger partial charge in [-0.25, -0.2) is 0 Å². The zero-order valence-electron chi connectivity index (χ0n) is 10.9. The van der Waals surface area contributed by atoms with Crippen LogP contribution in [0.5, 0.6) is 0 Å². The van der Waals surface area contributed by atoms with E-state index in [4.69, 9.17) is 0 Å². The van der Waals surface area contributed by atoms with Crippen molar-refractivity contribution in [3.8, 4) is 0 Å². The summed E-state index contributed by atoms with van der Waals surface area (Å²) in [5.74, 6) is 1.57. The first kappa shape index (κ1) is 14.9. The molecule has 1 heterocycles. The first-order chi connectivity index (χ1) is 9.09. The number of carbonyl (C=O) groups excluding carboxylic acids is 2. The molecule has 0 aromatic carbocycles. The number of hydrogen-bond donors (Lipinski definition) is 1. The largest absolute Gasteiger partial charge is 0.350 e. The Bertz CT molecular complexity index is 383. The molecule has 0 unspecified atom stereocenters. The van der Waals surface area contributed by atoms with Crippen LogP contribution in [0.2, 0.25) is 0 Å². The Morgan fingerprint density at radius 2 is 2.05 bits per heavy atom. The van der Waals surface area contributed by atoms with Gasteiger partial charge in [-0.3, -0.25) is 9.59 Å². The summed E-state index contributed by atoms with van der Waals surface area (Å²) in [5, 5.41) is 2.81. The van der Waals surface area contributed by atoms with E-state index in [2.05, 4.69) is 27.8 Å². The summed E-state index contributed by atoms with van der Waals surface area (Å²) in [6.45, 7) is 4.10. The molecule has 0 aromatic rings. The average molecular weight is 347 g/mol. The minimum Gasteiger partial charge on any atom is -0.350 e. The van der Waals surface area contributed by atoms with Crippen LogP contribution in [-0.2, 0) is 9.59 Å². The highest BCUT2D eigenvalue weighted by Gasteiger charge is 2.38. The maximum atomic E-state index is 12.4. The second kappa shape index (κ2) is 6.79. The number of nitrogens with zero attached hydrogens (tertiary/aromatic N) is 1. The van der Waals surface area contributed by atoms with E-state index in [0.717, 1.165) is 30.2 Å². The normalized spacial score (nSPS) is 23.6. The van der Waals surface area contributed by atoms with E-state index in [-0.39, 0.29) is 23.8 Å². The predicted molar refractivity (Wildman–Crippen MR) is 81.0 cm³/mol. The third-order valence-electron chi connectivity index (χ3n) is 3.63. The van der Waals surface area contributed by atoms with Gasteiger partial charge in [0.1, 0.15) is 6.04 Å². The molecule has 19 heavy (non-hydrogen) atoms. The molecule has 2 fully saturated rings. The average Bonchev–Trinajstić information content (AvgIpc) is 3.05. The highest BCUT2D eigenvalue weighted by molar-refractivity contribution is 9.11. The molecule has 1 aliphatic carbocycles. The van der Waals surface area contributed by atoms with Gasteiger partial charge >= 0.3 is 0 Å². The van der Waals surface area contributed by atoms with E-state index in [9.17, 15) is 9.59 Å². The molecule has 1 saturated heterocycles. The fourth-order valence-electron chi connectivity index (χ4n) is 2.59. The quantitative estimate of drug-likeness (QED) is 0.847. The van der Waals surface area contributed by atoms with Crippen LogP contribution in [0.4, 0.5) is 0 Å². The van der Waals surface area contributed by atoms with Crippen molar-refractivity contribution in [2.75, 3.05) is 18.2 Å². The van der Waals surface area contributed by atoms with Crippen molar-refractivity contribution in [2.45, 2.75) is 31.7 Å². The monoisotopic (exact) mass is 346 g/mol. The summed E-state index contributed by atoms with van der Waals surface area (Å²) in [7, 11) is 0. The number of rotatable bonds is 4. The van der Waals surface area contributed by atoms with Crippen LogP contribution >= 0.6 is 27.7 Å². The Hall–Kier alpha value is -0.490. The van der Waals surface area contributed by atoms with Crippen molar-refractivity contribution in [1.29, 1.82) is 0 Å². The minimum atomic E-state index is -0.315. The smallest absolute Gasteiger partial charge is 0.243 e. The number of thioether (sulfide) groups is 1. The van der Waals surface area contributed by atoms with Gasteiger partial charge in [-0.1, -0.05) is 35.4 Å². The van der Waals surface area contributed by atoms with E-state index in [1.54, 1.807) is 16.7 Å². The van der Waals surface area contributed by atoms with Crippen molar-refractivity contribution in [1.82, 2.24) is 10.2 Å². The van der Waals surface area contributed by atoms with Crippen molar-refractivity contribution in [2.24, 2.45) is 5.92 Å². The minimum absolute atomic E-state index is 0.0723.